The maximum Gasteiger partial charge on any atom is 0.263 e. The van der Waals surface area contributed by atoms with E-state index < -0.39 is 16.1 Å². The van der Waals surface area contributed by atoms with Crippen molar-refractivity contribution in [3.8, 4) is 5.75 Å². The molecule has 1 atom stereocenters. The molecule has 1 aliphatic rings. The van der Waals surface area contributed by atoms with Crippen molar-refractivity contribution >= 4 is 33.2 Å². The molecular weight excluding hydrogens is 466 g/mol. The first-order chi connectivity index (χ1) is 16.8. The van der Waals surface area contributed by atoms with Crippen LogP contribution in [0.5, 0.6) is 5.75 Å². The van der Waals surface area contributed by atoms with E-state index in [0.717, 1.165) is 9.87 Å². The van der Waals surface area contributed by atoms with E-state index in [4.69, 9.17) is 4.74 Å². The van der Waals surface area contributed by atoms with Gasteiger partial charge in [0, 0.05) is 19.2 Å². The molecule has 0 bridgehead atoms. The van der Waals surface area contributed by atoms with Crippen LogP contribution >= 0.6 is 0 Å². The monoisotopic (exact) mass is 493 g/mol. The van der Waals surface area contributed by atoms with Crippen molar-refractivity contribution in [2.24, 2.45) is 0 Å². The number of rotatable bonds is 7. The number of sulfonamides is 1. The number of hydrogen-bond donors (Lipinski definition) is 1. The number of fused-ring (bicyclic) bond motifs is 1. The van der Waals surface area contributed by atoms with Gasteiger partial charge < -0.3 is 15.0 Å². The van der Waals surface area contributed by atoms with Gasteiger partial charge in [-0.2, -0.15) is 0 Å². The van der Waals surface area contributed by atoms with Crippen molar-refractivity contribution in [1.29, 1.82) is 0 Å². The predicted molar refractivity (Wildman–Crippen MR) is 135 cm³/mol. The Hall–Kier alpha value is -3.85. The summed E-state index contributed by atoms with van der Waals surface area (Å²) in [5.74, 6) is -0.318. The van der Waals surface area contributed by atoms with Gasteiger partial charge in [0.2, 0.25) is 10.0 Å². The van der Waals surface area contributed by atoms with Crippen molar-refractivity contribution in [2.75, 3.05) is 28.6 Å². The second kappa shape index (κ2) is 10.2. The minimum Gasteiger partial charge on any atom is -0.477 e. The normalized spacial score (nSPS) is 15.0. The van der Waals surface area contributed by atoms with Gasteiger partial charge in [-0.3, -0.25) is 13.9 Å². The summed E-state index contributed by atoms with van der Waals surface area (Å²) in [4.78, 5) is 28.0. The number of ether oxygens (including phenoxy) is 1. The molecule has 0 aliphatic carbocycles. The summed E-state index contributed by atoms with van der Waals surface area (Å²) in [6, 6.07) is 23.0. The van der Waals surface area contributed by atoms with E-state index in [2.05, 4.69) is 5.32 Å². The largest absolute Gasteiger partial charge is 0.477 e. The van der Waals surface area contributed by atoms with Crippen LogP contribution in [0.1, 0.15) is 22.8 Å². The zero-order valence-corrected chi connectivity index (χ0v) is 20.4. The van der Waals surface area contributed by atoms with Crippen molar-refractivity contribution in [3.05, 3.63) is 90.0 Å². The van der Waals surface area contributed by atoms with Crippen molar-refractivity contribution < 1.29 is 22.7 Å². The number of nitrogens with zero attached hydrogens (tertiary/aromatic N) is 2. The SMILES string of the molecule is CCS(=O)(=O)N(C)c1cccc(C(=O)N2C[C@@H](C(=O)NCc3ccccc3)Oc3ccccc32)c1. The number of benzene rings is 3. The summed E-state index contributed by atoms with van der Waals surface area (Å²) in [6.45, 7) is 1.92. The second-order valence-corrected chi connectivity index (χ2v) is 10.4. The Balaban J connectivity index is 1.58. The Morgan fingerprint density at radius 2 is 1.74 bits per heavy atom. The molecular formula is C26H27N3O5S. The summed E-state index contributed by atoms with van der Waals surface area (Å²) in [5.41, 5.74) is 2.19. The third-order valence-electron chi connectivity index (χ3n) is 5.86. The third kappa shape index (κ3) is 5.30. The van der Waals surface area contributed by atoms with Crippen LogP contribution in [0, 0.1) is 0 Å². The molecule has 1 heterocycles. The molecule has 3 aromatic rings. The summed E-state index contributed by atoms with van der Waals surface area (Å²) < 4.78 is 31.7. The first-order valence-corrected chi connectivity index (χ1v) is 12.9. The molecule has 0 spiro atoms. The molecule has 0 saturated heterocycles. The molecule has 9 heteroatoms. The molecule has 8 nitrogen and oxygen atoms in total. The lowest BCUT2D eigenvalue weighted by atomic mass is 10.1. The van der Waals surface area contributed by atoms with Crippen LogP contribution in [0.4, 0.5) is 11.4 Å². The number of hydrogen-bond acceptors (Lipinski definition) is 5. The molecule has 0 aromatic heterocycles. The number of nitrogens with one attached hydrogen (secondary N) is 1. The number of para-hydroxylation sites is 2. The van der Waals surface area contributed by atoms with Gasteiger partial charge in [-0.25, -0.2) is 8.42 Å². The molecule has 1 aliphatic heterocycles. The van der Waals surface area contributed by atoms with Gasteiger partial charge in [0.05, 0.1) is 23.7 Å². The molecule has 0 saturated carbocycles. The molecule has 0 unspecified atom stereocenters. The fourth-order valence-electron chi connectivity index (χ4n) is 3.81. The van der Waals surface area contributed by atoms with E-state index in [9.17, 15) is 18.0 Å². The highest BCUT2D eigenvalue weighted by Crippen LogP contribution is 2.34. The minimum absolute atomic E-state index is 0.0177. The highest BCUT2D eigenvalue weighted by Gasteiger charge is 2.34. The molecule has 2 amide bonds. The maximum absolute atomic E-state index is 13.6. The zero-order chi connectivity index (χ0) is 25.0. The van der Waals surface area contributed by atoms with Crippen LogP contribution in [-0.4, -0.2) is 45.7 Å². The number of anilines is 2. The van der Waals surface area contributed by atoms with Crippen LogP contribution in [0.2, 0.25) is 0 Å². The van der Waals surface area contributed by atoms with Gasteiger partial charge in [0.15, 0.2) is 6.10 Å². The summed E-state index contributed by atoms with van der Waals surface area (Å²) in [6.07, 6.45) is -0.899. The lowest BCUT2D eigenvalue weighted by Crippen LogP contribution is -2.50. The lowest BCUT2D eigenvalue weighted by Gasteiger charge is -2.34. The van der Waals surface area contributed by atoms with Crippen molar-refractivity contribution in [3.63, 3.8) is 0 Å². The smallest absolute Gasteiger partial charge is 0.263 e. The topological polar surface area (TPSA) is 96.0 Å². The molecule has 1 N–H and O–H groups in total. The van der Waals surface area contributed by atoms with Gasteiger partial charge in [0.1, 0.15) is 5.75 Å². The van der Waals surface area contributed by atoms with E-state index in [0.29, 0.717) is 29.2 Å². The Bertz CT molecular complexity index is 1330. The summed E-state index contributed by atoms with van der Waals surface area (Å²) in [5, 5.41) is 2.87. The number of carbonyl (C=O) groups is 2. The van der Waals surface area contributed by atoms with E-state index >= 15 is 0 Å². The summed E-state index contributed by atoms with van der Waals surface area (Å²) in [7, 11) is -2.02. The van der Waals surface area contributed by atoms with Gasteiger partial charge in [-0.05, 0) is 42.8 Å². The molecule has 3 aromatic carbocycles. The van der Waals surface area contributed by atoms with Crippen LogP contribution in [0.25, 0.3) is 0 Å². The summed E-state index contributed by atoms with van der Waals surface area (Å²) >= 11 is 0. The van der Waals surface area contributed by atoms with E-state index in [-0.39, 0.29) is 24.1 Å². The molecule has 4 rings (SSSR count). The van der Waals surface area contributed by atoms with Gasteiger partial charge >= 0.3 is 0 Å². The molecule has 0 radical (unpaired) electrons. The highest BCUT2D eigenvalue weighted by atomic mass is 32.2. The van der Waals surface area contributed by atoms with Gasteiger partial charge in [-0.15, -0.1) is 0 Å². The van der Waals surface area contributed by atoms with Crippen LogP contribution < -0.4 is 19.3 Å². The van der Waals surface area contributed by atoms with Crippen molar-refractivity contribution in [1.82, 2.24) is 5.32 Å². The first kappa shape index (κ1) is 24.3. The van der Waals surface area contributed by atoms with Crippen LogP contribution in [0.15, 0.2) is 78.9 Å². The standard InChI is InChI=1S/C26H27N3O5S/c1-3-35(32,33)28(2)21-13-9-12-20(16-21)26(31)29-18-24(34-23-15-8-7-14-22(23)29)25(30)27-17-19-10-5-4-6-11-19/h4-16,24H,3,17-18H2,1-2H3,(H,27,30)/t24-/m0/s1. The van der Waals surface area contributed by atoms with E-state index in [1.54, 1.807) is 49.4 Å². The average molecular weight is 494 g/mol. The van der Waals surface area contributed by atoms with E-state index in [1.165, 1.54) is 18.0 Å². The van der Waals surface area contributed by atoms with Gasteiger partial charge in [-0.1, -0.05) is 48.5 Å². The second-order valence-electron chi connectivity index (χ2n) is 8.11. The number of carbonyl (C=O) groups excluding carboxylic acids is 2. The molecule has 35 heavy (non-hydrogen) atoms. The van der Waals surface area contributed by atoms with Crippen LogP contribution in [0.3, 0.4) is 0 Å². The highest BCUT2D eigenvalue weighted by molar-refractivity contribution is 7.92. The van der Waals surface area contributed by atoms with E-state index in [1.807, 2.05) is 30.3 Å². The fraction of sp³-hybridized carbons (Fsp3) is 0.231. The molecule has 182 valence electrons. The fourth-order valence-corrected chi connectivity index (χ4v) is 4.63. The quantitative estimate of drug-likeness (QED) is 0.545. The van der Waals surface area contributed by atoms with Crippen LogP contribution in [-0.2, 0) is 21.4 Å². The average Bonchev–Trinajstić information content (AvgIpc) is 2.90. The molecule has 0 fully saturated rings. The zero-order valence-electron chi connectivity index (χ0n) is 19.5. The van der Waals surface area contributed by atoms with Crippen molar-refractivity contribution in [2.45, 2.75) is 19.6 Å². The van der Waals surface area contributed by atoms with Gasteiger partial charge in [0.25, 0.3) is 11.8 Å². The minimum atomic E-state index is -3.48. The first-order valence-electron chi connectivity index (χ1n) is 11.3. The Kier molecular flexibility index (Phi) is 7.07. The predicted octanol–water partition coefficient (Wildman–Crippen LogP) is 3.20. The maximum atomic E-state index is 13.6. The lowest BCUT2D eigenvalue weighted by molar-refractivity contribution is -0.128. The number of amides is 2. The Morgan fingerprint density at radius 1 is 1.03 bits per heavy atom. The Morgan fingerprint density at radius 3 is 2.49 bits per heavy atom. The Labute approximate surface area is 205 Å². The third-order valence-corrected chi connectivity index (χ3v) is 7.63.